The number of hydrogen-bond donors (Lipinski definition) is 1. The summed E-state index contributed by atoms with van der Waals surface area (Å²) in [4.78, 5) is 22.8. The zero-order valence-electron chi connectivity index (χ0n) is 19.1. The van der Waals surface area contributed by atoms with Gasteiger partial charge in [0.2, 0.25) is 0 Å². The molecule has 1 unspecified atom stereocenters. The second kappa shape index (κ2) is 21.4. The van der Waals surface area contributed by atoms with Crippen molar-refractivity contribution >= 4 is 11.9 Å². The van der Waals surface area contributed by atoms with Crippen LogP contribution in [0.2, 0.25) is 0 Å². The molecule has 29 heavy (non-hydrogen) atoms. The molecule has 0 spiro atoms. The van der Waals surface area contributed by atoms with E-state index in [1.807, 2.05) is 13.0 Å². The van der Waals surface area contributed by atoms with Gasteiger partial charge in [-0.1, -0.05) is 109 Å². The predicted molar refractivity (Wildman–Crippen MR) is 121 cm³/mol. The lowest BCUT2D eigenvalue weighted by Crippen LogP contribution is -2.17. The van der Waals surface area contributed by atoms with Crippen LogP contribution in [-0.4, -0.2) is 23.7 Å². The molecule has 0 aliphatic heterocycles. The lowest BCUT2D eigenvalue weighted by Gasteiger charge is -2.07. The van der Waals surface area contributed by atoms with Crippen LogP contribution in [0.15, 0.2) is 12.2 Å². The smallest absolute Gasteiger partial charge is 0.310 e. The van der Waals surface area contributed by atoms with Gasteiger partial charge in [0.05, 0.1) is 18.9 Å². The fraction of sp³-hybridized carbons (Fsp3) is 0.840. The molecule has 0 fully saturated rings. The molecule has 0 saturated heterocycles. The van der Waals surface area contributed by atoms with E-state index in [4.69, 9.17) is 4.74 Å². The number of carboxylic acids is 1. The van der Waals surface area contributed by atoms with Gasteiger partial charge in [0.15, 0.2) is 0 Å². The number of esters is 1. The normalized spacial score (nSPS) is 12.3. The lowest BCUT2D eigenvalue weighted by molar-refractivity contribution is -0.150. The number of carboxylic acid groups (broad SMARTS) is 1. The Morgan fingerprint density at radius 3 is 1.69 bits per heavy atom. The van der Waals surface area contributed by atoms with Crippen molar-refractivity contribution in [2.75, 3.05) is 6.61 Å². The van der Waals surface area contributed by atoms with Crippen molar-refractivity contribution < 1.29 is 19.4 Å². The van der Waals surface area contributed by atoms with Gasteiger partial charge in [0, 0.05) is 0 Å². The third-order valence-electron chi connectivity index (χ3n) is 5.26. The summed E-state index contributed by atoms with van der Waals surface area (Å²) < 4.78 is 4.97. The number of aliphatic carboxylic acids is 1. The van der Waals surface area contributed by atoms with E-state index < -0.39 is 17.9 Å². The molecule has 1 atom stereocenters. The van der Waals surface area contributed by atoms with Crippen LogP contribution >= 0.6 is 0 Å². The lowest BCUT2D eigenvalue weighted by atomic mass is 10.0. The number of carbonyl (C=O) groups excluding carboxylic acids is 1. The van der Waals surface area contributed by atoms with Crippen LogP contribution in [-0.2, 0) is 14.3 Å². The Morgan fingerprint density at radius 2 is 1.24 bits per heavy atom. The first-order chi connectivity index (χ1) is 14.1. The molecule has 4 heteroatoms. The van der Waals surface area contributed by atoms with Gasteiger partial charge in [-0.05, 0) is 19.3 Å². The first kappa shape index (κ1) is 27.7. The molecule has 170 valence electrons. The molecule has 0 amide bonds. The molecule has 0 rings (SSSR count). The van der Waals surface area contributed by atoms with Gasteiger partial charge < -0.3 is 9.84 Å². The van der Waals surface area contributed by atoms with E-state index in [0.717, 1.165) is 19.3 Å². The van der Waals surface area contributed by atoms with E-state index in [1.54, 1.807) is 6.08 Å². The monoisotopic (exact) mass is 410 g/mol. The van der Waals surface area contributed by atoms with Crippen LogP contribution in [0.1, 0.15) is 123 Å². The molecule has 0 bridgehead atoms. The highest BCUT2D eigenvalue weighted by Gasteiger charge is 2.18. The van der Waals surface area contributed by atoms with E-state index in [9.17, 15) is 14.7 Å². The molecular weight excluding hydrogens is 364 g/mol. The molecular formula is C25H46O4. The Bertz CT molecular complexity index is 417. The maximum Gasteiger partial charge on any atom is 0.310 e. The Kier molecular flexibility index (Phi) is 20.4. The quantitative estimate of drug-likeness (QED) is 0.121. The molecule has 0 aromatic rings. The molecule has 0 aliphatic carbocycles. The topological polar surface area (TPSA) is 63.6 Å². The van der Waals surface area contributed by atoms with Gasteiger partial charge in [-0.2, -0.15) is 0 Å². The summed E-state index contributed by atoms with van der Waals surface area (Å²) in [6, 6.07) is 0. The standard InChI is InChI=1S/C25H46O4/c1-3-5-6-7-8-9-10-11-12-13-14-15-16-17-18-19-20-23(25(27)28)22-24(26)29-21-4-2/h19-20,23H,3-18,21-22H2,1-2H3,(H,27,28)/b20-19+. The van der Waals surface area contributed by atoms with Crippen molar-refractivity contribution in [1.29, 1.82) is 0 Å². The van der Waals surface area contributed by atoms with Crippen LogP contribution in [0.3, 0.4) is 0 Å². The number of carbonyl (C=O) groups is 2. The highest BCUT2D eigenvalue weighted by Crippen LogP contribution is 2.14. The van der Waals surface area contributed by atoms with Gasteiger partial charge in [0.1, 0.15) is 0 Å². The number of rotatable bonds is 21. The zero-order chi connectivity index (χ0) is 21.6. The minimum absolute atomic E-state index is 0.0788. The van der Waals surface area contributed by atoms with Gasteiger partial charge in [-0.15, -0.1) is 0 Å². The van der Waals surface area contributed by atoms with Crippen LogP contribution in [0, 0.1) is 5.92 Å². The first-order valence-electron chi connectivity index (χ1n) is 12.2. The Balaban J connectivity index is 3.53. The molecule has 1 N–H and O–H groups in total. The summed E-state index contributed by atoms with van der Waals surface area (Å²) in [7, 11) is 0. The molecule has 0 aromatic heterocycles. The fourth-order valence-corrected chi connectivity index (χ4v) is 3.41. The highest BCUT2D eigenvalue weighted by molar-refractivity contribution is 5.80. The Morgan fingerprint density at radius 1 is 0.759 bits per heavy atom. The maximum absolute atomic E-state index is 11.6. The molecule has 0 aromatic carbocycles. The predicted octanol–water partition coefficient (Wildman–Crippen LogP) is 7.46. The number of unbranched alkanes of at least 4 members (excludes halogenated alkanes) is 14. The Hall–Kier alpha value is -1.32. The fourth-order valence-electron chi connectivity index (χ4n) is 3.41. The Labute approximate surface area is 179 Å². The maximum atomic E-state index is 11.6. The van der Waals surface area contributed by atoms with Gasteiger partial charge in [-0.25, -0.2) is 0 Å². The molecule has 0 radical (unpaired) electrons. The molecule has 0 heterocycles. The molecule has 4 nitrogen and oxygen atoms in total. The molecule has 0 saturated carbocycles. The van der Waals surface area contributed by atoms with Crippen LogP contribution in [0.4, 0.5) is 0 Å². The van der Waals surface area contributed by atoms with Crippen LogP contribution in [0.5, 0.6) is 0 Å². The minimum atomic E-state index is -0.962. The van der Waals surface area contributed by atoms with E-state index in [0.29, 0.717) is 6.61 Å². The van der Waals surface area contributed by atoms with Gasteiger partial charge in [-0.3, -0.25) is 9.59 Å². The molecule has 0 aliphatic rings. The third kappa shape index (κ3) is 19.8. The average Bonchev–Trinajstić information content (AvgIpc) is 2.70. The van der Waals surface area contributed by atoms with E-state index >= 15 is 0 Å². The van der Waals surface area contributed by atoms with Crippen LogP contribution in [0.25, 0.3) is 0 Å². The zero-order valence-corrected chi connectivity index (χ0v) is 19.1. The second-order valence-electron chi connectivity index (χ2n) is 8.18. The van der Waals surface area contributed by atoms with Crippen molar-refractivity contribution in [2.45, 2.75) is 123 Å². The number of allylic oxidation sites excluding steroid dienone is 1. The largest absolute Gasteiger partial charge is 0.481 e. The van der Waals surface area contributed by atoms with Crippen molar-refractivity contribution in [1.82, 2.24) is 0 Å². The van der Waals surface area contributed by atoms with E-state index in [-0.39, 0.29) is 6.42 Å². The first-order valence-corrected chi connectivity index (χ1v) is 12.2. The summed E-state index contributed by atoms with van der Waals surface area (Å²) in [5.41, 5.74) is 0. The summed E-state index contributed by atoms with van der Waals surface area (Å²) in [6.07, 6.45) is 23.8. The van der Waals surface area contributed by atoms with Crippen LogP contribution < -0.4 is 0 Å². The van der Waals surface area contributed by atoms with Gasteiger partial charge in [0.25, 0.3) is 0 Å². The van der Waals surface area contributed by atoms with Crippen molar-refractivity contribution in [3.05, 3.63) is 12.2 Å². The second-order valence-corrected chi connectivity index (χ2v) is 8.18. The summed E-state index contributed by atoms with van der Waals surface area (Å²) in [5, 5.41) is 9.21. The minimum Gasteiger partial charge on any atom is -0.481 e. The van der Waals surface area contributed by atoms with Crippen molar-refractivity contribution in [3.63, 3.8) is 0 Å². The van der Waals surface area contributed by atoms with Crippen molar-refractivity contribution in [3.8, 4) is 0 Å². The van der Waals surface area contributed by atoms with E-state index in [1.165, 1.54) is 83.5 Å². The summed E-state index contributed by atoms with van der Waals surface area (Å²) >= 11 is 0. The highest BCUT2D eigenvalue weighted by atomic mass is 16.5. The summed E-state index contributed by atoms with van der Waals surface area (Å²) in [5.74, 6) is -2.16. The third-order valence-corrected chi connectivity index (χ3v) is 5.26. The average molecular weight is 411 g/mol. The number of ether oxygens (including phenoxy) is 1. The SMILES string of the molecule is CCCCCCCCCCCCCCCC/C=C/C(CC(=O)OCCC)C(=O)O. The number of hydrogen-bond acceptors (Lipinski definition) is 3. The van der Waals surface area contributed by atoms with Gasteiger partial charge >= 0.3 is 11.9 Å². The van der Waals surface area contributed by atoms with E-state index in [2.05, 4.69) is 6.92 Å². The van der Waals surface area contributed by atoms with Crippen molar-refractivity contribution in [2.24, 2.45) is 5.92 Å². The summed E-state index contributed by atoms with van der Waals surface area (Å²) in [6.45, 7) is 4.53.